The molecule has 2 aromatic heterocycles. The molecule has 0 radical (unpaired) electrons. The molecule has 32 heavy (non-hydrogen) atoms. The van der Waals surface area contributed by atoms with Gasteiger partial charge in [-0.05, 0) is 6.42 Å². The van der Waals surface area contributed by atoms with E-state index in [2.05, 4.69) is 20.6 Å². The zero-order valence-electron chi connectivity index (χ0n) is 19.9. The van der Waals surface area contributed by atoms with Crippen LogP contribution in [0.15, 0.2) is 0 Å². The minimum absolute atomic E-state index is 0.0890. The summed E-state index contributed by atoms with van der Waals surface area (Å²) < 4.78 is 2.87. The molecule has 0 saturated carbocycles. The van der Waals surface area contributed by atoms with Gasteiger partial charge < -0.3 is 0 Å². The van der Waals surface area contributed by atoms with Crippen LogP contribution in [0.2, 0.25) is 0 Å². The molecule has 2 rings (SSSR count). The van der Waals surface area contributed by atoms with Gasteiger partial charge in [0.1, 0.15) is 11.4 Å². The summed E-state index contributed by atoms with van der Waals surface area (Å²) in [5, 5.41) is 16.0. The molecule has 0 aliphatic carbocycles. The van der Waals surface area contributed by atoms with Gasteiger partial charge >= 0.3 is 0 Å². The summed E-state index contributed by atoms with van der Waals surface area (Å²) in [5.74, 6) is -1.81. The Hall–Kier alpha value is -3.04. The summed E-state index contributed by atoms with van der Waals surface area (Å²) in [4.78, 5) is 50.2. The molecule has 0 spiro atoms. The van der Waals surface area contributed by atoms with Crippen LogP contribution in [0.1, 0.15) is 103 Å². The van der Waals surface area contributed by atoms with Crippen LogP contribution in [0.25, 0.3) is 0 Å². The molecule has 174 valence electrons. The molecule has 2 aromatic rings. The molecule has 10 heteroatoms. The van der Waals surface area contributed by atoms with Crippen LogP contribution in [-0.4, -0.2) is 53.1 Å². The fraction of sp³-hybridized carbons (Fsp3) is 0.636. The van der Waals surface area contributed by atoms with Crippen molar-refractivity contribution in [2.45, 2.75) is 74.4 Å². The van der Waals surface area contributed by atoms with E-state index < -0.39 is 0 Å². The zero-order valence-corrected chi connectivity index (χ0v) is 19.9. The lowest BCUT2D eigenvalue weighted by atomic mass is 9.99. The molecule has 10 nitrogen and oxygen atoms in total. The van der Waals surface area contributed by atoms with E-state index >= 15 is 0 Å². The van der Waals surface area contributed by atoms with E-state index in [1.807, 2.05) is 0 Å². The molecule has 0 N–H and O–H groups in total. The van der Waals surface area contributed by atoms with Gasteiger partial charge in [0.25, 0.3) is 0 Å². The standard InChI is InChI=1S/C22H32N6O4/c1-8-15(29)18-16(20(30)12(2)3)23-25-27(18)10-9-11-28-19(22(32)14(6)7)17(24-26-28)21(31)13(4)5/h12-14H,8-11H2,1-7H3. The smallest absolute Gasteiger partial charge is 0.188 e. The third kappa shape index (κ3) is 5.23. The Labute approximate surface area is 187 Å². The zero-order chi connectivity index (χ0) is 24.2. The normalized spacial score (nSPS) is 11.6. The van der Waals surface area contributed by atoms with Gasteiger partial charge in [-0.2, -0.15) is 0 Å². The second kappa shape index (κ2) is 10.5. The van der Waals surface area contributed by atoms with Gasteiger partial charge in [-0.15, -0.1) is 10.2 Å². The van der Waals surface area contributed by atoms with E-state index in [4.69, 9.17) is 0 Å². The lowest BCUT2D eigenvalue weighted by molar-refractivity contribution is 0.0896. The van der Waals surface area contributed by atoms with Gasteiger partial charge in [0, 0.05) is 37.3 Å². The van der Waals surface area contributed by atoms with Crippen molar-refractivity contribution < 1.29 is 19.2 Å². The predicted molar refractivity (Wildman–Crippen MR) is 117 cm³/mol. The van der Waals surface area contributed by atoms with Gasteiger partial charge in [-0.3, -0.25) is 19.2 Å². The van der Waals surface area contributed by atoms with E-state index in [1.165, 1.54) is 9.36 Å². The van der Waals surface area contributed by atoms with Crippen LogP contribution >= 0.6 is 0 Å². The molecule has 0 fully saturated rings. The van der Waals surface area contributed by atoms with Crippen LogP contribution in [-0.2, 0) is 13.1 Å². The Balaban J connectivity index is 2.29. The van der Waals surface area contributed by atoms with Crippen LogP contribution in [0, 0.1) is 17.8 Å². The van der Waals surface area contributed by atoms with Gasteiger partial charge in [-0.25, -0.2) is 9.36 Å². The summed E-state index contributed by atoms with van der Waals surface area (Å²) in [6.07, 6.45) is 0.669. The second-order valence-corrected chi connectivity index (χ2v) is 8.71. The van der Waals surface area contributed by atoms with Crippen molar-refractivity contribution in [2.75, 3.05) is 0 Å². The summed E-state index contributed by atoms with van der Waals surface area (Å²) >= 11 is 0. The number of ketones is 4. The highest BCUT2D eigenvalue weighted by Gasteiger charge is 2.29. The van der Waals surface area contributed by atoms with E-state index in [-0.39, 0.29) is 70.1 Å². The number of hydrogen-bond acceptors (Lipinski definition) is 8. The lowest BCUT2D eigenvalue weighted by Crippen LogP contribution is -2.21. The maximum atomic E-state index is 12.8. The highest BCUT2D eigenvalue weighted by Crippen LogP contribution is 2.18. The number of aromatic nitrogens is 6. The van der Waals surface area contributed by atoms with Crippen LogP contribution in [0.5, 0.6) is 0 Å². The molecule has 0 amide bonds. The average molecular weight is 445 g/mol. The maximum Gasteiger partial charge on any atom is 0.188 e. The van der Waals surface area contributed by atoms with Crippen molar-refractivity contribution >= 4 is 23.1 Å². The Bertz CT molecular complexity index is 1020. The van der Waals surface area contributed by atoms with Crippen molar-refractivity contribution in [3.8, 4) is 0 Å². The number of nitrogens with zero attached hydrogens (tertiary/aromatic N) is 6. The number of carbonyl (C=O) groups is 4. The highest BCUT2D eigenvalue weighted by atomic mass is 16.1. The molecule has 0 atom stereocenters. The quantitative estimate of drug-likeness (QED) is 0.457. The van der Waals surface area contributed by atoms with E-state index in [1.54, 1.807) is 48.5 Å². The van der Waals surface area contributed by atoms with Gasteiger partial charge in [0.2, 0.25) is 0 Å². The van der Waals surface area contributed by atoms with E-state index in [0.717, 1.165) is 0 Å². The molecular formula is C22H32N6O4. The SMILES string of the molecule is CCC(=O)c1c(C(=O)C(C)C)nnn1CCCn1nnc(C(=O)C(C)C)c1C(=O)C(C)C. The minimum atomic E-state index is -0.320. The van der Waals surface area contributed by atoms with Crippen molar-refractivity contribution in [1.82, 2.24) is 30.0 Å². The lowest BCUT2D eigenvalue weighted by Gasteiger charge is -2.11. The molecule has 0 aromatic carbocycles. The summed E-state index contributed by atoms with van der Waals surface area (Å²) in [6.45, 7) is 12.8. The van der Waals surface area contributed by atoms with Crippen LogP contribution in [0.3, 0.4) is 0 Å². The summed E-state index contributed by atoms with van der Waals surface area (Å²) in [5.41, 5.74) is 0.594. The Morgan fingerprint density at radius 3 is 1.50 bits per heavy atom. The van der Waals surface area contributed by atoms with Crippen molar-refractivity contribution in [1.29, 1.82) is 0 Å². The number of Topliss-reactive ketones (excluding diaryl/α,β-unsaturated/α-hetero) is 4. The number of rotatable bonds is 12. The third-order valence-corrected chi connectivity index (χ3v) is 5.07. The first-order valence-electron chi connectivity index (χ1n) is 11.0. The van der Waals surface area contributed by atoms with Crippen LogP contribution < -0.4 is 0 Å². The first kappa shape index (κ1) is 25.2. The first-order chi connectivity index (χ1) is 15.0. The molecule has 0 aliphatic heterocycles. The maximum absolute atomic E-state index is 12.8. The largest absolute Gasteiger partial charge is 0.292 e. The first-order valence-corrected chi connectivity index (χ1v) is 11.0. The van der Waals surface area contributed by atoms with Crippen LogP contribution in [0.4, 0.5) is 0 Å². The topological polar surface area (TPSA) is 130 Å². The van der Waals surface area contributed by atoms with Gasteiger partial charge in [-0.1, -0.05) is 58.9 Å². The Morgan fingerprint density at radius 1 is 0.688 bits per heavy atom. The second-order valence-electron chi connectivity index (χ2n) is 8.71. The van der Waals surface area contributed by atoms with Crippen molar-refractivity contribution in [3.05, 3.63) is 22.8 Å². The summed E-state index contributed by atoms with van der Waals surface area (Å²) in [7, 11) is 0. The average Bonchev–Trinajstić information content (AvgIpc) is 3.35. The van der Waals surface area contributed by atoms with Crippen molar-refractivity contribution in [3.63, 3.8) is 0 Å². The fourth-order valence-corrected chi connectivity index (χ4v) is 3.15. The predicted octanol–water partition coefficient (Wildman–Crippen LogP) is 3.07. The molecular weight excluding hydrogens is 412 g/mol. The van der Waals surface area contributed by atoms with Crippen molar-refractivity contribution in [2.24, 2.45) is 17.8 Å². The molecule has 0 saturated heterocycles. The number of carbonyl (C=O) groups excluding carboxylic acids is 4. The highest BCUT2D eigenvalue weighted by molar-refractivity contribution is 6.08. The minimum Gasteiger partial charge on any atom is -0.292 e. The van der Waals surface area contributed by atoms with Gasteiger partial charge in [0.15, 0.2) is 34.5 Å². The Morgan fingerprint density at radius 2 is 1.09 bits per heavy atom. The number of hydrogen-bond donors (Lipinski definition) is 0. The Kier molecular flexibility index (Phi) is 8.29. The molecule has 0 aliphatic rings. The summed E-state index contributed by atoms with van der Waals surface area (Å²) in [6, 6.07) is 0. The fourth-order valence-electron chi connectivity index (χ4n) is 3.15. The third-order valence-electron chi connectivity index (χ3n) is 5.07. The van der Waals surface area contributed by atoms with Gasteiger partial charge in [0.05, 0.1) is 0 Å². The molecule has 0 unspecified atom stereocenters. The molecule has 2 heterocycles. The van der Waals surface area contributed by atoms with E-state index in [9.17, 15) is 19.2 Å². The molecule has 0 bridgehead atoms. The number of aryl methyl sites for hydroxylation is 2. The monoisotopic (exact) mass is 444 g/mol. The van der Waals surface area contributed by atoms with E-state index in [0.29, 0.717) is 19.5 Å².